The minimum atomic E-state index is -0.381. The molecule has 1 saturated heterocycles. The topological polar surface area (TPSA) is 73.0 Å². The molecular formula is C18H25ClN4O3. The molecule has 1 aromatic carbocycles. The standard InChI is InChI=1S/C18H25ClN4O3/c1-21(2)10-11-22(13-14-5-7-15(19)8-6-14)16(24)4-3-9-23-17(25)12-20-18(23)26/h5-8H,3-4,9-13H2,1-2H3,(H,20,26). The van der Waals surface area contributed by atoms with E-state index < -0.39 is 0 Å². The average Bonchev–Trinajstić information content (AvgIpc) is 2.91. The van der Waals surface area contributed by atoms with Crippen molar-refractivity contribution in [3.05, 3.63) is 34.9 Å². The van der Waals surface area contributed by atoms with E-state index in [-0.39, 0.29) is 37.4 Å². The number of rotatable bonds is 9. The summed E-state index contributed by atoms with van der Waals surface area (Å²) in [5.74, 6) is -0.234. The Labute approximate surface area is 158 Å². The number of hydrogen-bond donors (Lipinski definition) is 1. The molecule has 0 radical (unpaired) electrons. The molecule has 4 amide bonds. The van der Waals surface area contributed by atoms with Crippen molar-refractivity contribution in [1.82, 2.24) is 20.0 Å². The second kappa shape index (κ2) is 9.54. The number of halogens is 1. The lowest BCUT2D eigenvalue weighted by Crippen LogP contribution is -2.37. The zero-order valence-electron chi connectivity index (χ0n) is 15.2. The molecule has 0 unspecified atom stereocenters. The van der Waals surface area contributed by atoms with Gasteiger partial charge in [0.05, 0.1) is 6.54 Å². The minimum absolute atomic E-state index is 0.00820. The summed E-state index contributed by atoms with van der Waals surface area (Å²) in [4.78, 5) is 40.7. The summed E-state index contributed by atoms with van der Waals surface area (Å²) in [6, 6.07) is 7.05. The monoisotopic (exact) mass is 380 g/mol. The van der Waals surface area contributed by atoms with Crippen LogP contribution in [0.4, 0.5) is 4.79 Å². The van der Waals surface area contributed by atoms with Gasteiger partial charge in [-0.1, -0.05) is 23.7 Å². The van der Waals surface area contributed by atoms with E-state index in [1.54, 1.807) is 4.90 Å². The molecule has 8 heteroatoms. The summed E-state index contributed by atoms with van der Waals surface area (Å²) in [5, 5.41) is 3.14. The maximum absolute atomic E-state index is 12.6. The number of imide groups is 1. The van der Waals surface area contributed by atoms with Crippen LogP contribution in [0.25, 0.3) is 0 Å². The summed E-state index contributed by atoms with van der Waals surface area (Å²) in [6.07, 6.45) is 0.745. The van der Waals surface area contributed by atoms with Gasteiger partial charge in [0, 0.05) is 37.6 Å². The molecule has 1 fully saturated rings. The molecule has 0 aromatic heterocycles. The molecule has 26 heavy (non-hydrogen) atoms. The molecule has 0 bridgehead atoms. The Morgan fingerprint density at radius 2 is 1.88 bits per heavy atom. The zero-order valence-corrected chi connectivity index (χ0v) is 16.0. The van der Waals surface area contributed by atoms with E-state index in [0.717, 1.165) is 17.0 Å². The van der Waals surface area contributed by atoms with Gasteiger partial charge in [0.25, 0.3) is 0 Å². The Morgan fingerprint density at radius 1 is 1.19 bits per heavy atom. The highest BCUT2D eigenvalue weighted by Gasteiger charge is 2.28. The molecule has 2 rings (SSSR count). The van der Waals surface area contributed by atoms with Crippen LogP contribution in [-0.2, 0) is 16.1 Å². The number of carbonyl (C=O) groups excluding carboxylic acids is 3. The molecule has 1 aliphatic heterocycles. The quantitative estimate of drug-likeness (QED) is 0.660. The van der Waals surface area contributed by atoms with Crippen molar-refractivity contribution >= 4 is 29.4 Å². The van der Waals surface area contributed by atoms with Crippen molar-refractivity contribution in [3.8, 4) is 0 Å². The molecule has 1 N–H and O–H groups in total. The van der Waals surface area contributed by atoms with Gasteiger partial charge in [-0.15, -0.1) is 0 Å². The Morgan fingerprint density at radius 3 is 2.46 bits per heavy atom. The first-order valence-corrected chi connectivity index (χ1v) is 9.00. The molecular weight excluding hydrogens is 356 g/mol. The first-order valence-electron chi connectivity index (χ1n) is 8.62. The molecule has 142 valence electrons. The number of urea groups is 1. The Kier molecular flexibility index (Phi) is 7.41. The maximum atomic E-state index is 12.6. The van der Waals surface area contributed by atoms with Crippen LogP contribution in [-0.4, -0.2) is 72.8 Å². The molecule has 1 heterocycles. The number of benzene rings is 1. The van der Waals surface area contributed by atoms with Crippen LogP contribution in [0.1, 0.15) is 18.4 Å². The SMILES string of the molecule is CN(C)CCN(Cc1ccc(Cl)cc1)C(=O)CCCN1C(=O)CNC1=O. The molecule has 0 saturated carbocycles. The predicted octanol–water partition coefficient (Wildman–Crippen LogP) is 1.56. The van der Waals surface area contributed by atoms with Crippen LogP contribution in [0, 0.1) is 0 Å². The van der Waals surface area contributed by atoms with Crippen molar-refractivity contribution in [3.63, 3.8) is 0 Å². The van der Waals surface area contributed by atoms with Gasteiger partial charge in [0.15, 0.2) is 0 Å². The van der Waals surface area contributed by atoms with Crippen molar-refractivity contribution < 1.29 is 14.4 Å². The normalized spacial score (nSPS) is 14.1. The summed E-state index contributed by atoms with van der Waals surface area (Å²) in [5.41, 5.74) is 1.01. The molecule has 0 atom stereocenters. The second-order valence-electron chi connectivity index (χ2n) is 6.55. The third-order valence-electron chi connectivity index (χ3n) is 4.17. The summed E-state index contributed by atoms with van der Waals surface area (Å²) in [6.45, 7) is 2.17. The Balaban J connectivity index is 1.90. The van der Waals surface area contributed by atoms with Crippen LogP contribution in [0.2, 0.25) is 5.02 Å². The van der Waals surface area contributed by atoms with E-state index >= 15 is 0 Å². The van der Waals surface area contributed by atoms with Gasteiger partial charge in [-0.3, -0.25) is 14.5 Å². The Hall–Kier alpha value is -2.12. The largest absolute Gasteiger partial charge is 0.337 e. The molecule has 7 nitrogen and oxygen atoms in total. The number of amides is 4. The maximum Gasteiger partial charge on any atom is 0.324 e. The lowest BCUT2D eigenvalue weighted by molar-refractivity contribution is -0.132. The lowest BCUT2D eigenvalue weighted by Gasteiger charge is -2.25. The molecule has 0 spiro atoms. The van der Waals surface area contributed by atoms with Gasteiger partial charge in [0.1, 0.15) is 0 Å². The Bertz CT molecular complexity index is 632. The van der Waals surface area contributed by atoms with E-state index in [1.807, 2.05) is 43.3 Å². The average molecular weight is 381 g/mol. The van der Waals surface area contributed by atoms with E-state index in [4.69, 9.17) is 11.6 Å². The smallest absolute Gasteiger partial charge is 0.324 e. The van der Waals surface area contributed by atoms with Crippen molar-refractivity contribution in [2.24, 2.45) is 0 Å². The fourth-order valence-corrected chi connectivity index (χ4v) is 2.78. The number of hydrogen-bond acceptors (Lipinski definition) is 4. The first kappa shape index (κ1) is 20.2. The predicted molar refractivity (Wildman–Crippen MR) is 99.8 cm³/mol. The molecule has 1 aromatic rings. The second-order valence-corrected chi connectivity index (χ2v) is 6.99. The van der Waals surface area contributed by atoms with Crippen molar-refractivity contribution in [1.29, 1.82) is 0 Å². The van der Waals surface area contributed by atoms with E-state index in [2.05, 4.69) is 5.32 Å². The van der Waals surface area contributed by atoms with Gasteiger partial charge in [-0.2, -0.15) is 0 Å². The number of nitrogens with zero attached hydrogens (tertiary/aromatic N) is 3. The van der Waals surface area contributed by atoms with Crippen molar-refractivity contribution in [2.45, 2.75) is 19.4 Å². The van der Waals surface area contributed by atoms with E-state index in [0.29, 0.717) is 24.5 Å². The van der Waals surface area contributed by atoms with Gasteiger partial charge >= 0.3 is 6.03 Å². The highest BCUT2D eigenvalue weighted by Crippen LogP contribution is 2.13. The third-order valence-corrected chi connectivity index (χ3v) is 4.42. The summed E-state index contributed by atoms with van der Waals surface area (Å²) < 4.78 is 0. The fourth-order valence-electron chi connectivity index (χ4n) is 2.65. The highest BCUT2D eigenvalue weighted by molar-refractivity contribution is 6.30. The van der Waals surface area contributed by atoms with Gasteiger partial charge in [-0.05, 0) is 38.2 Å². The van der Waals surface area contributed by atoms with Crippen LogP contribution < -0.4 is 5.32 Å². The number of nitrogens with one attached hydrogen (secondary N) is 1. The molecule has 0 aliphatic carbocycles. The van der Waals surface area contributed by atoms with E-state index in [1.165, 1.54) is 0 Å². The van der Waals surface area contributed by atoms with Crippen molar-refractivity contribution in [2.75, 3.05) is 40.3 Å². The van der Waals surface area contributed by atoms with Gasteiger partial charge in [-0.25, -0.2) is 4.79 Å². The van der Waals surface area contributed by atoms with Gasteiger partial charge in [0.2, 0.25) is 11.8 Å². The third kappa shape index (κ3) is 6.00. The van der Waals surface area contributed by atoms with Crippen LogP contribution in [0.15, 0.2) is 24.3 Å². The number of carbonyl (C=O) groups is 3. The van der Waals surface area contributed by atoms with Crippen LogP contribution in [0.5, 0.6) is 0 Å². The minimum Gasteiger partial charge on any atom is -0.337 e. The van der Waals surface area contributed by atoms with E-state index in [9.17, 15) is 14.4 Å². The molecule has 1 aliphatic rings. The highest BCUT2D eigenvalue weighted by atomic mass is 35.5. The number of likely N-dealkylation sites (N-methyl/N-ethyl adjacent to an activating group) is 1. The van der Waals surface area contributed by atoms with Gasteiger partial charge < -0.3 is 15.1 Å². The van der Waals surface area contributed by atoms with Crippen LogP contribution in [0.3, 0.4) is 0 Å². The summed E-state index contributed by atoms with van der Waals surface area (Å²) in [7, 11) is 3.92. The fraction of sp³-hybridized carbons (Fsp3) is 0.500. The lowest BCUT2D eigenvalue weighted by atomic mass is 10.2. The van der Waals surface area contributed by atoms with Crippen LogP contribution >= 0.6 is 11.6 Å². The first-order chi connectivity index (χ1) is 12.4. The summed E-state index contributed by atoms with van der Waals surface area (Å²) >= 11 is 5.92. The zero-order chi connectivity index (χ0) is 19.1.